The zero-order valence-electron chi connectivity index (χ0n) is 73.4. The quantitative estimate of drug-likeness (QED) is 0.0576. The molecule has 672 valence electrons. The molecule has 0 aromatic heterocycles. The molecule has 0 amide bonds. The second-order valence-corrected chi connectivity index (χ2v) is 34.7. The number of cyclic esters (lactones) is 2. The second-order valence-electron chi connectivity index (χ2n) is 34.7. The molecule has 36 atom stereocenters. The number of ether oxygens (including phenoxy) is 14. The van der Waals surface area contributed by atoms with Crippen LogP contribution in [-0.2, 0) is 100.0 Å². The number of aliphatic hydroxyl groups excluding tert-OH is 6. The van der Waals surface area contributed by atoms with Crippen LogP contribution < -0.4 is 5.90 Å². The molecule has 6 heterocycles. The van der Waals surface area contributed by atoms with Crippen LogP contribution in [0.2, 0.25) is 0 Å². The normalized spacial score (nSPS) is 45.6. The van der Waals surface area contributed by atoms with Gasteiger partial charge in [0, 0.05) is 88.9 Å². The molecule has 12 N–H and O–H groups in total. The topological polar surface area (TPSA) is 480 Å². The van der Waals surface area contributed by atoms with Crippen molar-refractivity contribution < 1.29 is 151 Å². The summed E-state index contributed by atoms with van der Waals surface area (Å²) < 4.78 is 88.1. The van der Waals surface area contributed by atoms with E-state index in [1.807, 2.05) is 72.6 Å². The first-order chi connectivity index (χ1) is 53.1. The third-order valence-corrected chi connectivity index (χ3v) is 25.1. The number of carbonyl (C=O) groups is 5. The van der Waals surface area contributed by atoms with E-state index in [-0.39, 0.29) is 74.3 Å². The first-order valence-electron chi connectivity index (χ1n) is 40.3. The van der Waals surface area contributed by atoms with E-state index >= 15 is 0 Å². The minimum Gasteiger partial charge on any atom is -0.479 e. The van der Waals surface area contributed by atoms with Gasteiger partial charge in [0.1, 0.15) is 53.6 Å². The maximum absolute atomic E-state index is 14.3. The van der Waals surface area contributed by atoms with Crippen LogP contribution in [0.25, 0.3) is 0 Å². The maximum Gasteiger partial charge on any atom is 0.344 e. The number of methoxy groups -OCH3 is 4. The summed E-state index contributed by atoms with van der Waals surface area (Å²) in [7, 11) is 13.5. The van der Waals surface area contributed by atoms with E-state index in [2.05, 4.69) is 15.9 Å². The fourth-order valence-corrected chi connectivity index (χ4v) is 17.6. The molecule has 0 bridgehead atoms. The molecular weight excluding hydrogens is 1510 g/mol. The number of Topliss-reactive ketones (excluding diaryl/α,β-unsaturated/α-hetero) is 1. The van der Waals surface area contributed by atoms with Crippen LogP contribution in [-0.4, -0.2) is 335 Å². The number of oxime groups is 1. The highest BCUT2D eigenvalue weighted by molar-refractivity contribution is 5.89. The number of carbonyl (C=O) groups excluding carboxylic acids is 3. The monoisotopic (exact) mass is 1660 g/mol. The van der Waals surface area contributed by atoms with Crippen LogP contribution >= 0.6 is 0 Å². The Morgan fingerprint density at radius 2 is 0.835 bits per heavy atom. The van der Waals surface area contributed by atoms with Gasteiger partial charge in [0.15, 0.2) is 31.8 Å². The van der Waals surface area contributed by atoms with E-state index in [1.54, 1.807) is 90.0 Å². The Kier molecular flexibility index (Phi) is 39.3. The summed E-state index contributed by atoms with van der Waals surface area (Å²) in [6, 6.07) is -0.600. The molecule has 0 saturated carbocycles. The van der Waals surface area contributed by atoms with Crippen molar-refractivity contribution in [2.75, 3.05) is 69.8 Å². The van der Waals surface area contributed by atoms with Crippen molar-refractivity contribution in [3.05, 3.63) is 0 Å². The molecule has 115 heavy (non-hydrogen) atoms. The van der Waals surface area contributed by atoms with Gasteiger partial charge in [0.2, 0.25) is 6.61 Å². The Labute approximate surface area is 680 Å². The number of hydrogen-bond acceptors (Lipinski definition) is 33. The molecule has 0 spiro atoms. The van der Waals surface area contributed by atoms with Crippen LogP contribution in [0.5, 0.6) is 0 Å². The number of aliphatic hydroxyl groups is 8. The van der Waals surface area contributed by atoms with Gasteiger partial charge in [-0.15, -0.1) is 0 Å². The number of carboxylic acids is 2. The number of esters is 2. The van der Waals surface area contributed by atoms with Gasteiger partial charge in [-0.05, 0) is 150 Å². The van der Waals surface area contributed by atoms with Crippen LogP contribution in [0.1, 0.15) is 190 Å². The Hall–Kier alpha value is -3.94. The van der Waals surface area contributed by atoms with Crippen molar-refractivity contribution in [3.8, 4) is 0 Å². The van der Waals surface area contributed by atoms with E-state index in [9.17, 15) is 69.9 Å². The first kappa shape index (κ1) is 103. The average molecular weight is 1660 g/mol. The number of hydrogen-bond donors (Lipinski definition) is 11. The van der Waals surface area contributed by atoms with Gasteiger partial charge in [-0.3, -0.25) is 19.2 Å². The van der Waals surface area contributed by atoms with Crippen molar-refractivity contribution in [1.82, 2.24) is 9.80 Å². The van der Waals surface area contributed by atoms with E-state index in [1.165, 1.54) is 42.3 Å². The number of ketones is 1. The van der Waals surface area contributed by atoms with Crippen molar-refractivity contribution >= 4 is 35.4 Å². The highest BCUT2D eigenvalue weighted by atomic mass is 16.7. The fraction of sp³-hybridized carbons (Fsp3) is 0.925. The van der Waals surface area contributed by atoms with Gasteiger partial charge in [-0.2, -0.15) is 0 Å². The van der Waals surface area contributed by atoms with Gasteiger partial charge < -0.3 is 132 Å². The number of carboxylic acid groups (broad SMARTS) is 2. The highest BCUT2D eigenvalue weighted by Crippen LogP contribution is 2.46. The molecule has 13 unspecified atom stereocenters. The Bertz CT molecular complexity index is 3070. The second kappa shape index (κ2) is 43.7. The lowest BCUT2D eigenvalue weighted by Gasteiger charge is -2.50. The summed E-state index contributed by atoms with van der Waals surface area (Å²) in [4.78, 5) is 76.1. The lowest BCUT2D eigenvalue weighted by atomic mass is 9.73. The molecule has 0 aromatic carbocycles. The largest absolute Gasteiger partial charge is 0.479 e. The molecule has 6 fully saturated rings. The van der Waals surface area contributed by atoms with E-state index in [4.69, 9.17) is 76.3 Å². The first-order valence-corrected chi connectivity index (χ1v) is 40.3. The Morgan fingerprint density at radius 3 is 1.15 bits per heavy atom. The van der Waals surface area contributed by atoms with Crippen LogP contribution in [0.4, 0.5) is 0 Å². The Balaban J connectivity index is 0.000000453. The summed E-state index contributed by atoms with van der Waals surface area (Å²) in [5.41, 5.74) is -8.39. The zero-order chi connectivity index (χ0) is 88.0. The zero-order valence-corrected chi connectivity index (χ0v) is 73.4. The number of nitrogens with two attached hydrogens (primary N) is 1. The minimum absolute atomic E-state index is 0.100. The lowest BCUT2D eigenvalue weighted by Crippen LogP contribution is -2.61. The Morgan fingerprint density at radius 1 is 0.487 bits per heavy atom. The van der Waals surface area contributed by atoms with E-state index in [0.29, 0.717) is 12.8 Å². The van der Waals surface area contributed by atoms with Gasteiger partial charge in [0.05, 0.1) is 101 Å². The number of likely N-dealkylation sites (N-methyl/N-ethyl adjacent to an activating group) is 2. The molecule has 6 saturated heterocycles. The number of nitrogens with zero attached hydrogens (tertiary/aromatic N) is 3. The summed E-state index contributed by atoms with van der Waals surface area (Å²) in [5.74, 6) is -6.53. The maximum atomic E-state index is 14.3. The van der Waals surface area contributed by atoms with Crippen molar-refractivity contribution in [3.63, 3.8) is 0 Å². The summed E-state index contributed by atoms with van der Waals surface area (Å²) in [6.45, 7) is 33.0. The van der Waals surface area contributed by atoms with Gasteiger partial charge in [-0.25, -0.2) is 15.5 Å². The average Bonchev–Trinajstić information content (AvgIpc) is 0.779. The van der Waals surface area contributed by atoms with E-state index in [0.717, 1.165) is 0 Å². The van der Waals surface area contributed by atoms with E-state index < -0.39 is 229 Å². The molecule has 35 heteroatoms. The predicted octanol–water partition coefficient (Wildman–Crippen LogP) is 3.73. The molecular formula is C80H146N4O31. The van der Waals surface area contributed by atoms with Crippen LogP contribution in [0, 0.1) is 47.3 Å². The highest BCUT2D eigenvalue weighted by Gasteiger charge is 2.58. The molecule has 6 aliphatic heterocycles. The predicted molar refractivity (Wildman–Crippen MR) is 416 cm³/mol. The smallest absolute Gasteiger partial charge is 0.344 e. The summed E-state index contributed by atoms with van der Waals surface area (Å²) in [6.07, 6.45) is -17.9. The third kappa shape index (κ3) is 25.4. The summed E-state index contributed by atoms with van der Waals surface area (Å²) >= 11 is 0. The fourth-order valence-electron chi connectivity index (χ4n) is 17.6. The third-order valence-electron chi connectivity index (χ3n) is 25.1. The molecule has 0 aliphatic carbocycles. The molecule has 0 radical (unpaired) electrons. The molecule has 6 aliphatic rings. The van der Waals surface area contributed by atoms with Gasteiger partial charge >= 0.3 is 23.9 Å². The summed E-state index contributed by atoms with van der Waals surface area (Å²) in [5, 5.41) is 113. The molecule has 6 rings (SSSR count). The van der Waals surface area contributed by atoms with Crippen molar-refractivity contribution in [1.29, 1.82) is 0 Å². The van der Waals surface area contributed by atoms with Crippen LogP contribution in [0.3, 0.4) is 0 Å². The molecule has 35 nitrogen and oxygen atoms in total. The van der Waals surface area contributed by atoms with Gasteiger partial charge in [-0.1, -0.05) is 60.5 Å². The lowest BCUT2D eigenvalue weighted by molar-refractivity contribution is -0.319. The SMILES string of the molecule is CCC1OC(=O)[C@H](C)C(OC2CC(C)(OC)C(O)C(C)O2)C(C)C(OC2OC(C)CC(N(C)C)C2O)[C@](C)(OC)CC(C)C(=O)[C@H](C)[C@@H](O)[C@]1(C)O.CC[C@H]1OC(=O)[C@H](C)[C@@H](O[C@H]2C[C@@](C)(OC)[C@@H](O)[C@H](C)O2)[C@H](C)[C@@H](O[C@@H]2O[C@H](C)C[C@H](N(C)C)[C@H]2O)[C@](C)(OC)C[C@@H](C)/C(=N/OCC(=O)O)[C@H](C)[C@@H](O)[C@]1(C)O.NOCC(=O)O. The van der Waals surface area contributed by atoms with Crippen LogP contribution in [0.15, 0.2) is 5.16 Å². The van der Waals surface area contributed by atoms with Gasteiger partial charge in [0.25, 0.3) is 0 Å². The van der Waals surface area contributed by atoms with Crippen molar-refractivity contribution in [2.45, 2.75) is 358 Å². The molecule has 0 aromatic rings. The minimum atomic E-state index is -2.01. The van der Waals surface area contributed by atoms with Crippen molar-refractivity contribution in [2.24, 2.45) is 58.4 Å². The number of rotatable bonds is 21. The standard InChI is InChI=1S/C40H72N2O15.C38H69NO13.C2H5NO3/c1-15-27-40(10,49)33(46)22(4)30(41-52-19-28(43)44)20(2)17-39(9,51-14)35(57-37-31(45)26(42(11)12)16-21(3)53-37)23(5)32(24(6)36(48)55-27)56-29-18-38(8,50-13)34(47)25(7)54-29;1-15-26-38(10,45)31(42)21(4)28(40)19(2)17-37(9,47-14)33(52-35-29(41)25(39(11)12)16-20(3)48-35)22(5)30(23(6)34(44)50-26)51-27-18-36(8,46-13)32(43)24(7)49-27;3-6-1-2(4)5/h20-27,29,31-35,37,45-47,49H,15-19H2,1-14H3,(H,43,44);19-27,29-33,35,41-43,45H,15-18H2,1-14H3;1,3H2,(H,4,5)/b41-30-;;/t20-,21-,22+,23+,24-,25+,26+,27-,29+,31-,32+,33-,34+,35-,37+,38-,39-,40-;19?,20?,21-,22?,23+,24?,25?,26?,27?,29?,30?,31+,32?,33?,35?,36?,37+,38+;/m10./s1. The number of aliphatic carboxylic acids is 2.